The first-order chi connectivity index (χ1) is 11.1. The van der Waals surface area contributed by atoms with Gasteiger partial charge in [0.25, 0.3) is 0 Å². The third kappa shape index (κ3) is 6.31. The Labute approximate surface area is 157 Å². The highest BCUT2D eigenvalue weighted by molar-refractivity contribution is 14.0. The van der Waals surface area contributed by atoms with Crippen molar-refractivity contribution in [3.8, 4) is 5.75 Å². The van der Waals surface area contributed by atoms with E-state index in [1.807, 2.05) is 24.3 Å². The van der Waals surface area contributed by atoms with Crippen LogP contribution in [0, 0.1) is 0 Å². The number of anilines is 1. The van der Waals surface area contributed by atoms with E-state index in [9.17, 15) is 8.78 Å². The number of aliphatic imine (C=N–C) groups is 1. The van der Waals surface area contributed by atoms with Crippen LogP contribution in [0.2, 0.25) is 0 Å². The molecule has 4 nitrogen and oxygen atoms in total. The van der Waals surface area contributed by atoms with E-state index in [0.29, 0.717) is 5.56 Å². The molecule has 0 amide bonds. The molecule has 0 radical (unpaired) electrons. The Morgan fingerprint density at radius 2 is 1.96 bits per heavy atom. The first-order valence-corrected chi connectivity index (χ1v) is 7.27. The predicted molar refractivity (Wildman–Crippen MR) is 103 cm³/mol. The number of rotatable bonds is 6. The summed E-state index contributed by atoms with van der Waals surface area (Å²) in [6.45, 7) is -0.654. The van der Waals surface area contributed by atoms with Gasteiger partial charge in [-0.1, -0.05) is 37.3 Å². The van der Waals surface area contributed by atoms with E-state index in [-0.39, 0.29) is 42.2 Å². The number of nitrogens with two attached hydrogens (primary N) is 1. The summed E-state index contributed by atoms with van der Waals surface area (Å²) in [6.07, 6.45) is 0.922. The zero-order valence-electron chi connectivity index (χ0n) is 13.2. The fourth-order valence-electron chi connectivity index (χ4n) is 2.07. The molecule has 0 aromatic heterocycles. The largest absolute Gasteiger partial charge is 0.434 e. The number of hydrogen-bond acceptors (Lipinski definition) is 2. The van der Waals surface area contributed by atoms with Gasteiger partial charge < -0.3 is 15.8 Å². The molecule has 0 aliphatic rings. The van der Waals surface area contributed by atoms with E-state index in [0.717, 1.165) is 12.1 Å². The Kier molecular flexibility index (Phi) is 8.45. The molecule has 0 aliphatic carbocycles. The third-order valence-electron chi connectivity index (χ3n) is 3.22. The number of nitrogens with one attached hydrogen (secondary N) is 1. The first kappa shape index (κ1) is 20.1. The summed E-state index contributed by atoms with van der Waals surface area (Å²) in [5, 5.41) is 2.99. The monoisotopic (exact) mass is 447 g/mol. The van der Waals surface area contributed by atoms with Crippen molar-refractivity contribution in [3.05, 3.63) is 59.7 Å². The Balaban J connectivity index is 0.00000288. The molecular weight excluding hydrogens is 427 g/mol. The first-order valence-electron chi connectivity index (χ1n) is 7.27. The average Bonchev–Trinajstić information content (AvgIpc) is 2.53. The lowest BCUT2D eigenvalue weighted by molar-refractivity contribution is -0.0504. The minimum absolute atomic E-state index is 0. The molecule has 0 saturated heterocycles. The van der Waals surface area contributed by atoms with Gasteiger partial charge in [-0.2, -0.15) is 8.78 Å². The molecule has 2 aromatic carbocycles. The lowest BCUT2D eigenvalue weighted by atomic mass is 10.1. The molecule has 2 rings (SSSR count). The number of benzene rings is 2. The van der Waals surface area contributed by atoms with Crippen molar-refractivity contribution < 1.29 is 13.5 Å². The smallest absolute Gasteiger partial charge is 0.387 e. The maximum absolute atomic E-state index is 12.4. The summed E-state index contributed by atoms with van der Waals surface area (Å²) in [7, 11) is 0. The standard InChI is InChI=1S/C17H19F2N3O.HI/c1-2-12-6-5-8-14(10-12)22-17(20)21-11-13-7-3-4-9-15(13)23-16(18)19;/h3-10,16H,2,11H2,1H3,(H3,20,21,22);1H. The summed E-state index contributed by atoms with van der Waals surface area (Å²) >= 11 is 0. The van der Waals surface area contributed by atoms with E-state index < -0.39 is 6.61 Å². The Hall–Kier alpha value is -1.90. The Morgan fingerprint density at radius 1 is 1.21 bits per heavy atom. The SMILES string of the molecule is CCc1cccc(NC(N)=NCc2ccccc2OC(F)F)c1.I. The Bertz CT molecular complexity index is 680. The fourth-order valence-corrected chi connectivity index (χ4v) is 2.07. The minimum Gasteiger partial charge on any atom is -0.434 e. The molecule has 0 atom stereocenters. The van der Waals surface area contributed by atoms with Crippen LogP contribution in [0.3, 0.4) is 0 Å². The second-order valence-electron chi connectivity index (χ2n) is 4.87. The number of halogens is 3. The van der Waals surface area contributed by atoms with Crippen molar-refractivity contribution in [3.63, 3.8) is 0 Å². The quantitative estimate of drug-likeness (QED) is 0.392. The van der Waals surface area contributed by atoms with Crippen molar-refractivity contribution in [1.82, 2.24) is 0 Å². The molecule has 2 aromatic rings. The summed E-state index contributed by atoms with van der Waals surface area (Å²) in [4.78, 5) is 4.17. The zero-order valence-corrected chi connectivity index (χ0v) is 15.5. The van der Waals surface area contributed by atoms with Crippen LogP contribution in [0.5, 0.6) is 5.75 Å². The van der Waals surface area contributed by atoms with E-state index in [1.54, 1.807) is 18.2 Å². The number of hydrogen-bond donors (Lipinski definition) is 2. The maximum atomic E-state index is 12.4. The van der Waals surface area contributed by atoms with E-state index in [1.165, 1.54) is 11.6 Å². The number of aryl methyl sites for hydroxylation is 1. The normalized spacial score (nSPS) is 11.1. The predicted octanol–water partition coefficient (Wildman–Crippen LogP) is 4.40. The number of para-hydroxylation sites is 1. The molecule has 130 valence electrons. The summed E-state index contributed by atoms with van der Waals surface area (Å²) in [5.74, 6) is 0.317. The van der Waals surface area contributed by atoms with Crippen molar-refractivity contribution in [2.75, 3.05) is 5.32 Å². The van der Waals surface area contributed by atoms with Gasteiger partial charge in [-0.05, 0) is 30.2 Å². The topological polar surface area (TPSA) is 59.6 Å². The molecule has 0 bridgehead atoms. The van der Waals surface area contributed by atoms with E-state index in [2.05, 4.69) is 22.0 Å². The second-order valence-corrected chi connectivity index (χ2v) is 4.87. The molecule has 24 heavy (non-hydrogen) atoms. The van der Waals surface area contributed by atoms with Gasteiger partial charge in [0, 0.05) is 11.3 Å². The minimum atomic E-state index is -2.87. The van der Waals surface area contributed by atoms with Crippen LogP contribution in [0.1, 0.15) is 18.1 Å². The van der Waals surface area contributed by atoms with Crippen molar-refractivity contribution in [2.45, 2.75) is 26.5 Å². The number of guanidine groups is 1. The van der Waals surface area contributed by atoms with Crippen molar-refractivity contribution >= 4 is 35.6 Å². The molecule has 0 saturated carbocycles. The van der Waals surface area contributed by atoms with Gasteiger partial charge in [0.1, 0.15) is 5.75 Å². The highest BCUT2D eigenvalue weighted by atomic mass is 127. The highest BCUT2D eigenvalue weighted by Crippen LogP contribution is 2.21. The van der Waals surface area contributed by atoms with Crippen molar-refractivity contribution in [2.24, 2.45) is 10.7 Å². The lowest BCUT2D eigenvalue weighted by Crippen LogP contribution is -2.22. The van der Waals surface area contributed by atoms with Crippen molar-refractivity contribution in [1.29, 1.82) is 0 Å². The molecule has 0 fully saturated rings. The molecular formula is C17H20F2IN3O. The fraction of sp³-hybridized carbons (Fsp3) is 0.235. The number of ether oxygens (including phenoxy) is 1. The number of nitrogens with zero attached hydrogens (tertiary/aromatic N) is 1. The second kappa shape index (κ2) is 10.1. The van der Waals surface area contributed by atoms with E-state index >= 15 is 0 Å². The molecule has 3 N–H and O–H groups in total. The molecule has 0 unspecified atom stereocenters. The van der Waals surface area contributed by atoms with Gasteiger partial charge in [-0.15, -0.1) is 24.0 Å². The summed E-state index contributed by atoms with van der Waals surface area (Å²) in [5.41, 5.74) is 8.40. The molecule has 0 spiro atoms. The van der Waals surface area contributed by atoms with Gasteiger partial charge in [0.2, 0.25) is 0 Å². The zero-order chi connectivity index (χ0) is 16.7. The highest BCUT2D eigenvalue weighted by Gasteiger charge is 2.08. The van der Waals surface area contributed by atoms with Crippen LogP contribution in [0.15, 0.2) is 53.5 Å². The van der Waals surface area contributed by atoms with Crippen LogP contribution in [-0.4, -0.2) is 12.6 Å². The molecule has 7 heteroatoms. The van der Waals surface area contributed by atoms with E-state index in [4.69, 9.17) is 5.73 Å². The Morgan fingerprint density at radius 3 is 2.67 bits per heavy atom. The molecule has 0 aliphatic heterocycles. The van der Waals surface area contributed by atoms with Crippen LogP contribution in [0.4, 0.5) is 14.5 Å². The molecule has 0 heterocycles. The van der Waals surface area contributed by atoms with Gasteiger partial charge in [0.15, 0.2) is 5.96 Å². The van der Waals surface area contributed by atoms with Crippen LogP contribution in [-0.2, 0) is 13.0 Å². The van der Waals surface area contributed by atoms with Gasteiger partial charge in [-0.3, -0.25) is 0 Å². The number of alkyl halides is 2. The summed E-state index contributed by atoms with van der Waals surface area (Å²) in [6, 6.07) is 14.3. The summed E-state index contributed by atoms with van der Waals surface area (Å²) < 4.78 is 29.2. The third-order valence-corrected chi connectivity index (χ3v) is 3.22. The van der Waals surface area contributed by atoms with Crippen LogP contribution < -0.4 is 15.8 Å². The van der Waals surface area contributed by atoms with Crippen LogP contribution in [0.25, 0.3) is 0 Å². The maximum Gasteiger partial charge on any atom is 0.387 e. The van der Waals surface area contributed by atoms with Gasteiger partial charge >= 0.3 is 6.61 Å². The lowest BCUT2D eigenvalue weighted by Gasteiger charge is -2.10. The van der Waals surface area contributed by atoms with Gasteiger partial charge in [-0.25, -0.2) is 4.99 Å². The van der Waals surface area contributed by atoms with Gasteiger partial charge in [0.05, 0.1) is 6.54 Å². The average molecular weight is 447 g/mol. The van der Waals surface area contributed by atoms with Crippen LogP contribution >= 0.6 is 24.0 Å².